The number of alkyl halides is 1. The molecule has 0 amide bonds. The zero-order valence-electron chi connectivity index (χ0n) is 16.6. The second-order valence-corrected chi connectivity index (χ2v) is 6.27. The van der Waals surface area contributed by atoms with E-state index >= 15 is 0 Å². The molecule has 0 radical (unpaired) electrons. The molecule has 1 unspecified atom stereocenters. The molecule has 3 aromatic carbocycles. The number of hydrogen-bond acceptors (Lipinski definition) is 4. The van der Waals surface area contributed by atoms with Crippen LogP contribution in [0.2, 0.25) is 0 Å². The molecule has 162 valence electrons. The summed E-state index contributed by atoms with van der Waals surface area (Å²) in [4.78, 5) is 12.9. The van der Waals surface area contributed by atoms with Crippen molar-refractivity contribution in [3.8, 4) is 0 Å². The van der Waals surface area contributed by atoms with Crippen molar-refractivity contribution in [3.05, 3.63) is 113 Å². The standard InChI is InChI=1S/C23H18F2O4.CH3Br/c24-20-13-7-12-19(21(20)25)23(28,18-10-5-2-6-11-18)22(27)29-15-17(14-26)16-8-3-1-4-9-16;1-2/h1-14,26,28H,15H2;1H3. The number of benzene rings is 3. The predicted octanol–water partition coefficient (Wildman–Crippen LogP) is 5.35. The minimum Gasteiger partial charge on any atom is -0.515 e. The fourth-order valence-electron chi connectivity index (χ4n) is 2.94. The topological polar surface area (TPSA) is 66.8 Å². The van der Waals surface area contributed by atoms with E-state index in [2.05, 4.69) is 15.9 Å². The van der Waals surface area contributed by atoms with E-state index < -0.39 is 28.8 Å². The molecule has 0 aliphatic carbocycles. The van der Waals surface area contributed by atoms with E-state index in [9.17, 15) is 23.8 Å². The minimum absolute atomic E-state index is 0.0174. The molecule has 0 fully saturated rings. The van der Waals surface area contributed by atoms with Crippen molar-refractivity contribution < 1.29 is 28.5 Å². The molecule has 0 aromatic heterocycles. The fourth-order valence-corrected chi connectivity index (χ4v) is 2.94. The van der Waals surface area contributed by atoms with Crippen molar-refractivity contribution in [2.45, 2.75) is 5.60 Å². The summed E-state index contributed by atoms with van der Waals surface area (Å²) in [5.74, 6) is -1.95. The second-order valence-electron chi connectivity index (χ2n) is 6.27. The van der Waals surface area contributed by atoms with Gasteiger partial charge in [-0.3, -0.25) is 0 Å². The summed E-state index contributed by atoms with van der Waals surface area (Å²) in [5.41, 5.74) is -2.26. The lowest BCUT2D eigenvalue weighted by molar-refractivity contribution is -0.160. The summed E-state index contributed by atoms with van der Waals surface area (Å²) in [6.45, 7) is -0.384. The molecule has 2 N–H and O–H groups in total. The molecule has 0 heterocycles. The van der Waals surface area contributed by atoms with Gasteiger partial charge in [-0.05, 0) is 23.0 Å². The highest BCUT2D eigenvalue weighted by atomic mass is 79.9. The second kappa shape index (κ2) is 11.4. The first-order valence-electron chi connectivity index (χ1n) is 9.14. The Morgan fingerprint density at radius 3 is 2.13 bits per heavy atom. The average molecular weight is 491 g/mol. The van der Waals surface area contributed by atoms with Gasteiger partial charge >= 0.3 is 5.97 Å². The number of carbonyl (C=O) groups is 1. The zero-order valence-corrected chi connectivity index (χ0v) is 18.2. The maximum absolute atomic E-state index is 14.5. The molecule has 0 aliphatic rings. The average Bonchev–Trinajstić information content (AvgIpc) is 2.83. The van der Waals surface area contributed by atoms with Gasteiger partial charge in [-0.15, -0.1) is 0 Å². The first kappa shape index (κ1) is 24.2. The van der Waals surface area contributed by atoms with E-state index in [4.69, 9.17) is 4.74 Å². The van der Waals surface area contributed by atoms with Gasteiger partial charge in [0.05, 0.1) is 6.26 Å². The molecule has 0 saturated carbocycles. The molecule has 3 rings (SSSR count). The molecular weight excluding hydrogens is 470 g/mol. The molecule has 3 aromatic rings. The van der Waals surface area contributed by atoms with Crippen LogP contribution in [-0.4, -0.2) is 28.6 Å². The molecule has 0 saturated heterocycles. The number of aliphatic hydroxyl groups excluding tert-OH is 1. The molecule has 7 heteroatoms. The monoisotopic (exact) mass is 490 g/mol. The highest BCUT2D eigenvalue weighted by Gasteiger charge is 2.44. The summed E-state index contributed by atoms with van der Waals surface area (Å²) in [7, 11) is 0. The van der Waals surface area contributed by atoms with Gasteiger partial charge in [-0.25, -0.2) is 13.6 Å². The van der Waals surface area contributed by atoms with E-state index in [1.807, 2.05) is 5.83 Å². The molecule has 0 bridgehead atoms. The van der Waals surface area contributed by atoms with Crippen LogP contribution < -0.4 is 0 Å². The number of hydrogen-bond donors (Lipinski definition) is 2. The predicted molar refractivity (Wildman–Crippen MR) is 119 cm³/mol. The van der Waals surface area contributed by atoms with Crippen molar-refractivity contribution in [1.82, 2.24) is 0 Å². The Bertz CT molecular complexity index is 1030. The van der Waals surface area contributed by atoms with Crippen molar-refractivity contribution in [3.63, 3.8) is 0 Å². The lowest BCUT2D eigenvalue weighted by Gasteiger charge is -2.27. The summed E-state index contributed by atoms with van der Waals surface area (Å²) >= 11 is 2.94. The Morgan fingerprint density at radius 2 is 1.55 bits per heavy atom. The quantitative estimate of drug-likeness (QED) is 0.277. The summed E-state index contributed by atoms with van der Waals surface area (Å²) < 4.78 is 33.5. The lowest BCUT2D eigenvalue weighted by Crippen LogP contribution is -2.40. The Labute approximate surface area is 187 Å². The van der Waals surface area contributed by atoms with E-state index in [-0.39, 0.29) is 17.7 Å². The van der Waals surface area contributed by atoms with Crippen molar-refractivity contribution in [1.29, 1.82) is 0 Å². The normalized spacial score (nSPS) is 12.9. The Morgan fingerprint density at radius 1 is 0.968 bits per heavy atom. The van der Waals surface area contributed by atoms with Gasteiger partial charge < -0.3 is 14.9 Å². The van der Waals surface area contributed by atoms with Crippen LogP contribution >= 0.6 is 15.9 Å². The summed E-state index contributed by atoms with van der Waals surface area (Å²) in [5, 5.41) is 20.7. The summed E-state index contributed by atoms with van der Waals surface area (Å²) in [6, 6.07) is 19.4. The fraction of sp³-hybridized carbons (Fsp3) is 0.125. The van der Waals surface area contributed by atoms with Gasteiger partial charge in [0.25, 0.3) is 0 Å². The van der Waals surface area contributed by atoms with Crippen molar-refractivity contribution >= 4 is 27.5 Å². The third-order valence-electron chi connectivity index (χ3n) is 4.49. The van der Waals surface area contributed by atoms with E-state index in [0.29, 0.717) is 5.56 Å². The van der Waals surface area contributed by atoms with E-state index in [1.54, 1.807) is 48.5 Å². The van der Waals surface area contributed by atoms with E-state index in [0.717, 1.165) is 18.4 Å². The first-order valence-corrected chi connectivity index (χ1v) is 10.7. The van der Waals surface area contributed by atoms with Gasteiger partial charge in [0, 0.05) is 11.1 Å². The number of halogens is 3. The minimum atomic E-state index is -2.58. The number of rotatable bonds is 6. The number of aliphatic hydroxyl groups is 2. The van der Waals surface area contributed by atoms with Crippen LogP contribution in [-0.2, 0) is 15.1 Å². The molecular formula is C24H21BrF2O4. The molecule has 0 spiro atoms. The maximum Gasteiger partial charge on any atom is 0.348 e. The highest BCUT2D eigenvalue weighted by molar-refractivity contribution is 9.08. The molecule has 1 atom stereocenters. The Kier molecular flexibility index (Phi) is 8.90. The van der Waals surface area contributed by atoms with Crippen LogP contribution in [0.25, 0.3) is 5.57 Å². The number of carbonyl (C=O) groups excluding carboxylic acids is 1. The zero-order chi connectivity index (χ0) is 22.9. The Balaban J connectivity index is 0.00000166. The largest absolute Gasteiger partial charge is 0.515 e. The van der Waals surface area contributed by atoms with Crippen LogP contribution in [0.5, 0.6) is 0 Å². The van der Waals surface area contributed by atoms with Crippen molar-refractivity contribution in [2.75, 3.05) is 12.4 Å². The van der Waals surface area contributed by atoms with Gasteiger partial charge in [-0.1, -0.05) is 88.7 Å². The maximum atomic E-state index is 14.5. The van der Waals surface area contributed by atoms with Gasteiger partial charge in [0.15, 0.2) is 11.6 Å². The van der Waals surface area contributed by atoms with Crippen LogP contribution in [0.1, 0.15) is 16.7 Å². The molecule has 4 nitrogen and oxygen atoms in total. The summed E-state index contributed by atoms with van der Waals surface area (Å²) in [6.07, 6.45) is 0.785. The first-order chi connectivity index (χ1) is 15.0. The smallest absolute Gasteiger partial charge is 0.348 e. The highest BCUT2D eigenvalue weighted by Crippen LogP contribution is 2.34. The third-order valence-corrected chi connectivity index (χ3v) is 4.49. The van der Waals surface area contributed by atoms with E-state index in [1.165, 1.54) is 18.2 Å². The van der Waals surface area contributed by atoms with Gasteiger partial charge in [0.2, 0.25) is 5.60 Å². The SMILES string of the molecule is CBr.O=C(OCC(=CO)c1ccccc1)C(O)(c1ccccc1)c1cccc(F)c1F. The lowest BCUT2D eigenvalue weighted by atomic mass is 9.86. The van der Waals surface area contributed by atoms with Gasteiger partial charge in [-0.2, -0.15) is 0 Å². The van der Waals surface area contributed by atoms with Gasteiger partial charge in [0.1, 0.15) is 6.61 Å². The third kappa shape index (κ3) is 5.37. The van der Waals surface area contributed by atoms with Crippen LogP contribution in [0.4, 0.5) is 8.78 Å². The van der Waals surface area contributed by atoms with Crippen molar-refractivity contribution in [2.24, 2.45) is 0 Å². The van der Waals surface area contributed by atoms with Crippen LogP contribution in [0.3, 0.4) is 0 Å². The number of esters is 1. The molecule has 0 aliphatic heterocycles. The Hall–Kier alpha value is -3.03. The van der Waals surface area contributed by atoms with Crippen LogP contribution in [0.15, 0.2) is 85.1 Å². The molecule has 31 heavy (non-hydrogen) atoms. The number of ether oxygens (including phenoxy) is 1. The van der Waals surface area contributed by atoms with Crippen LogP contribution in [0, 0.1) is 11.6 Å².